The zero-order chi connectivity index (χ0) is 16.7. The van der Waals surface area contributed by atoms with Gasteiger partial charge in [-0.25, -0.2) is 0 Å². The Bertz CT molecular complexity index is 761. The number of hydrogen-bond acceptors (Lipinski definition) is 3. The third-order valence-electron chi connectivity index (χ3n) is 3.10. The largest absolute Gasteiger partial charge is 0.386 e. The molecule has 0 heterocycles. The molecule has 0 saturated carbocycles. The molecule has 0 aliphatic rings. The highest BCUT2D eigenvalue weighted by Crippen LogP contribution is 2.14. The van der Waals surface area contributed by atoms with Crippen molar-refractivity contribution in [3.05, 3.63) is 75.9 Å². The van der Waals surface area contributed by atoms with E-state index in [1.54, 1.807) is 12.1 Å². The van der Waals surface area contributed by atoms with Crippen LogP contribution in [0.5, 0.6) is 0 Å². The normalized spacial score (nSPS) is 10.7. The minimum Gasteiger partial charge on any atom is -0.386 e. The van der Waals surface area contributed by atoms with Crippen LogP contribution in [0.25, 0.3) is 0 Å². The Kier molecular flexibility index (Phi) is 5.95. The number of carbonyl (C=O) groups is 1. The molecular formula is C18H16BrN3O. The average molecular weight is 370 g/mol. The molecule has 0 aliphatic carbocycles. The second-order valence-electron chi connectivity index (χ2n) is 5.00. The van der Waals surface area contributed by atoms with Gasteiger partial charge in [0.25, 0.3) is 5.91 Å². The van der Waals surface area contributed by atoms with Crippen LogP contribution < -0.4 is 10.6 Å². The van der Waals surface area contributed by atoms with E-state index in [9.17, 15) is 4.79 Å². The standard InChI is InChI=1S/C18H16BrN3O/c1-13-3-2-4-14(9-13)11-21-12-15(10-20)18(23)22-17-7-5-16(19)6-8-17/h2-9,12,21H,11H2,1H3,(H,22,23)/b15-12-. The molecule has 116 valence electrons. The summed E-state index contributed by atoms with van der Waals surface area (Å²) in [7, 11) is 0. The predicted octanol–water partition coefficient (Wildman–Crippen LogP) is 3.89. The summed E-state index contributed by atoms with van der Waals surface area (Å²) >= 11 is 3.33. The van der Waals surface area contributed by atoms with Gasteiger partial charge in [0.05, 0.1) is 0 Å². The van der Waals surface area contributed by atoms with E-state index in [0.29, 0.717) is 12.2 Å². The summed E-state index contributed by atoms with van der Waals surface area (Å²) in [6, 6.07) is 17.1. The average Bonchev–Trinajstić information content (AvgIpc) is 2.54. The van der Waals surface area contributed by atoms with Gasteiger partial charge in [0.1, 0.15) is 11.6 Å². The van der Waals surface area contributed by atoms with Gasteiger partial charge in [0.15, 0.2) is 0 Å². The van der Waals surface area contributed by atoms with Gasteiger partial charge < -0.3 is 10.6 Å². The van der Waals surface area contributed by atoms with E-state index in [1.807, 2.05) is 43.3 Å². The first-order valence-electron chi connectivity index (χ1n) is 7.04. The number of aryl methyl sites for hydroxylation is 1. The van der Waals surface area contributed by atoms with Crippen LogP contribution in [-0.2, 0) is 11.3 Å². The number of nitriles is 1. The lowest BCUT2D eigenvalue weighted by Gasteiger charge is -2.06. The van der Waals surface area contributed by atoms with E-state index >= 15 is 0 Å². The quantitative estimate of drug-likeness (QED) is 0.620. The number of nitrogens with zero attached hydrogens (tertiary/aromatic N) is 1. The van der Waals surface area contributed by atoms with Crippen molar-refractivity contribution in [2.75, 3.05) is 5.32 Å². The van der Waals surface area contributed by atoms with Crippen LogP contribution in [0.15, 0.2) is 64.8 Å². The highest BCUT2D eigenvalue weighted by Gasteiger charge is 2.08. The Labute approximate surface area is 144 Å². The number of nitrogens with one attached hydrogen (secondary N) is 2. The van der Waals surface area contributed by atoms with Crippen LogP contribution >= 0.6 is 15.9 Å². The first-order valence-corrected chi connectivity index (χ1v) is 7.84. The van der Waals surface area contributed by atoms with E-state index in [-0.39, 0.29) is 5.57 Å². The number of hydrogen-bond donors (Lipinski definition) is 2. The SMILES string of the molecule is Cc1cccc(CN/C=C(/C#N)C(=O)Nc2ccc(Br)cc2)c1. The first-order chi connectivity index (χ1) is 11.1. The number of carbonyl (C=O) groups excluding carboxylic acids is 1. The fourth-order valence-corrected chi connectivity index (χ4v) is 2.24. The molecule has 0 bridgehead atoms. The summed E-state index contributed by atoms with van der Waals surface area (Å²) < 4.78 is 0.923. The van der Waals surface area contributed by atoms with Crippen LogP contribution in [0.1, 0.15) is 11.1 Å². The van der Waals surface area contributed by atoms with Crippen molar-refractivity contribution in [2.45, 2.75) is 13.5 Å². The van der Waals surface area contributed by atoms with Gasteiger partial charge in [0.2, 0.25) is 0 Å². The van der Waals surface area contributed by atoms with Crippen molar-refractivity contribution in [2.24, 2.45) is 0 Å². The summed E-state index contributed by atoms with van der Waals surface area (Å²) in [6.45, 7) is 2.57. The van der Waals surface area contributed by atoms with Gasteiger partial charge in [-0.15, -0.1) is 0 Å². The highest BCUT2D eigenvalue weighted by molar-refractivity contribution is 9.10. The number of halogens is 1. The molecule has 0 atom stereocenters. The minimum atomic E-state index is -0.438. The molecule has 2 rings (SSSR count). The molecule has 0 radical (unpaired) electrons. The van der Waals surface area contributed by atoms with Crippen molar-refractivity contribution in [3.63, 3.8) is 0 Å². The van der Waals surface area contributed by atoms with Gasteiger partial charge >= 0.3 is 0 Å². The van der Waals surface area contributed by atoms with Crippen molar-refractivity contribution >= 4 is 27.5 Å². The van der Waals surface area contributed by atoms with E-state index in [2.05, 4.69) is 32.6 Å². The molecule has 23 heavy (non-hydrogen) atoms. The van der Waals surface area contributed by atoms with E-state index in [4.69, 9.17) is 5.26 Å². The molecule has 2 N–H and O–H groups in total. The molecule has 2 aromatic rings. The zero-order valence-electron chi connectivity index (χ0n) is 12.6. The minimum absolute atomic E-state index is 0.0283. The molecule has 0 fully saturated rings. The Balaban J connectivity index is 1.96. The molecule has 0 spiro atoms. The molecule has 0 aliphatic heterocycles. The van der Waals surface area contributed by atoms with Crippen LogP contribution in [0.4, 0.5) is 5.69 Å². The van der Waals surface area contributed by atoms with E-state index in [0.717, 1.165) is 10.0 Å². The summed E-state index contributed by atoms with van der Waals surface area (Å²) in [5.41, 5.74) is 2.92. The van der Waals surface area contributed by atoms with Gasteiger partial charge in [-0.05, 0) is 36.8 Å². The molecule has 2 aromatic carbocycles. The second-order valence-corrected chi connectivity index (χ2v) is 5.92. The number of rotatable bonds is 5. The number of anilines is 1. The van der Waals surface area contributed by atoms with Gasteiger partial charge in [-0.2, -0.15) is 5.26 Å². The second kappa shape index (κ2) is 8.16. The van der Waals surface area contributed by atoms with Crippen LogP contribution in [0, 0.1) is 18.3 Å². The maximum Gasteiger partial charge on any atom is 0.267 e. The van der Waals surface area contributed by atoms with Crippen LogP contribution in [-0.4, -0.2) is 5.91 Å². The molecule has 5 heteroatoms. The number of amides is 1. The molecule has 4 nitrogen and oxygen atoms in total. The monoisotopic (exact) mass is 369 g/mol. The first kappa shape index (κ1) is 16.8. The Morgan fingerprint density at radius 2 is 2.00 bits per heavy atom. The third-order valence-corrected chi connectivity index (χ3v) is 3.63. The summed E-state index contributed by atoms with van der Waals surface area (Å²) in [6.07, 6.45) is 1.44. The van der Waals surface area contributed by atoms with Gasteiger partial charge in [-0.3, -0.25) is 4.79 Å². The predicted molar refractivity (Wildman–Crippen MR) is 94.5 cm³/mol. The lowest BCUT2D eigenvalue weighted by molar-refractivity contribution is -0.112. The molecule has 1 amide bonds. The molecule has 0 saturated heterocycles. The fraction of sp³-hybridized carbons (Fsp3) is 0.111. The van der Waals surface area contributed by atoms with Crippen molar-refractivity contribution in [1.82, 2.24) is 5.32 Å². The van der Waals surface area contributed by atoms with E-state index < -0.39 is 5.91 Å². The maximum atomic E-state index is 12.1. The van der Waals surface area contributed by atoms with Crippen LogP contribution in [0.3, 0.4) is 0 Å². The van der Waals surface area contributed by atoms with Crippen molar-refractivity contribution in [3.8, 4) is 6.07 Å². The topological polar surface area (TPSA) is 64.9 Å². The Morgan fingerprint density at radius 1 is 1.26 bits per heavy atom. The lowest BCUT2D eigenvalue weighted by atomic mass is 10.1. The third kappa shape index (κ3) is 5.28. The summed E-state index contributed by atoms with van der Waals surface area (Å²) in [4.78, 5) is 12.1. The fourth-order valence-electron chi connectivity index (χ4n) is 1.97. The Hall–Kier alpha value is -2.58. The van der Waals surface area contributed by atoms with Gasteiger partial charge in [0, 0.05) is 22.9 Å². The maximum absolute atomic E-state index is 12.1. The van der Waals surface area contributed by atoms with Crippen molar-refractivity contribution in [1.29, 1.82) is 5.26 Å². The molecular weight excluding hydrogens is 354 g/mol. The van der Waals surface area contributed by atoms with Crippen LogP contribution in [0.2, 0.25) is 0 Å². The smallest absolute Gasteiger partial charge is 0.267 e. The zero-order valence-corrected chi connectivity index (χ0v) is 14.2. The summed E-state index contributed by atoms with van der Waals surface area (Å²) in [5, 5.41) is 14.8. The van der Waals surface area contributed by atoms with Gasteiger partial charge in [-0.1, -0.05) is 45.8 Å². The Morgan fingerprint density at radius 3 is 2.65 bits per heavy atom. The molecule has 0 aromatic heterocycles. The number of benzene rings is 2. The summed E-state index contributed by atoms with van der Waals surface area (Å²) in [5.74, 6) is -0.438. The lowest BCUT2D eigenvalue weighted by Crippen LogP contribution is -2.16. The highest BCUT2D eigenvalue weighted by atomic mass is 79.9. The van der Waals surface area contributed by atoms with Crippen molar-refractivity contribution < 1.29 is 4.79 Å². The molecule has 0 unspecified atom stereocenters. The van der Waals surface area contributed by atoms with E-state index in [1.165, 1.54) is 11.8 Å².